The fourth-order valence-electron chi connectivity index (χ4n) is 4.83. The zero-order valence-electron chi connectivity index (χ0n) is 29.8. The molecule has 0 unspecified atom stereocenters. The Morgan fingerprint density at radius 3 is 1.20 bits per heavy atom. The lowest BCUT2D eigenvalue weighted by Gasteiger charge is -2.12. The molecule has 0 aliphatic carbocycles. The van der Waals surface area contributed by atoms with Crippen LogP contribution < -0.4 is 0 Å². The fraction of sp³-hybridized carbons (Fsp3) is 0.707. The monoisotopic (exact) mass is 643 g/mol. The number of carbonyl (C=O) groups is 2. The van der Waals surface area contributed by atoms with Crippen LogP contribution in [-0.2, 0) is 19.1 Å². The zero-order chi connectivity index (χ0) is 33.6. The van der Waals surface area contributed by atoms with Crippen LogP contribution in [0.25, 0.3) is 0 Å². The maximum atomic E-state index is 11.9. The molecule has 1 atom stereocenters. The van der Waals surface area contributed by atoms with Crippen molar-refractivity contribution in [2.24, 2.45) is 0 Å². The molecule has 0 aromatic carbocycles. The molecule has 0 bridgehead atoms. The first kappa shape index (κ1) is 43.6. The molecule has 0 amide bonds. The molecular weight excluding hydrogens is 572 g/mol. The van der Waals surface area contributed by atoms with Crippen LogP contribution in [-0.4, -0.2) is 36.4 Å². The topological polar surface area (TPSA) is 72.8 Å². The summed E-state index contributed by atoms with van der Waals surface area (Å²) in [6.45, 7) is 4.21. The Hall–Kier alpha value is -2.40. The average Bonchev–Trinajstić information content (AvgIpc) is 3.06. The van der Waals surface area contributed by atoms with Crippen LogP contribution >= 0.6 is 0 Å². The molecular formula is C41H70O5. The van der Waals surface area contributed by atoms with Gasteiger partial charge >= 0.3 is 11.9 Å². The first-order valence-electron chi connectivity index (χ1n) is 18.8. The molecule has 5 nitrogen and oxygen atoms in total. The third kappa shape index (κ3) is 36.1. The Labute approximate surface area is 283 Å². The molecule has 0 aliphatic heterocycles. The van der Waals surface area contributed by atoms with Crippen LogP contribution in [0.5, 0.6) is 0 Å². The van der Waals surface area contributed by atoms with Crippen LogP contribution in [0, 0.1) is 0 Å². The van der Waals surface area contributed by atoms with E-state index in [-0.39, 0.29) is 25.2 Å². The van der Waals surface area contributed by atoms with E-state index in [1.54, 1.807) is 0 Å². The summed E-state index contributed by atoms with van der Waals surface area (Å²) < 4.78 is 10.3. The van der Waals surface area contributed by atoms with Crippen molar-refractivity contribution in [3.8, 4) is 0 Å². The molecule has 0 spiro atoms. The number of carbonyl (C=O) groups excluding carboxylic acids is 2. The van der Waals surface area contributed by atoms with Gasteiger partial charge in [0.2, 0.25) is 0 Å². The van der Waals surface area contributed by atoms with E-state index in [4.69, 9.17) is 9.47 Å². The number of hydrogen-bond donors (Lipinski definition) is 1. The van der Waals surface area contributed by atoms with Crippen LogP contribution in [0.2, 0.25) is 0 Å². The molecule has 0 saturated carbocycles. The molecule has 0 heterocycles. The molecule has 0 fully saturated rings. The van der Waals surface area contributed by atoms with Gasteiger partial charge in [-0.1, -0.05) is 132 Å². The van der Waals surface area contributed by atoms with Crippen molar-refractivity contribution >= 4 is 11.9 Å². The van der Waals surface area contributed by atoms with E-state index in [9.17, 15) is 14.7 Å². The lowest BCUT2D eigenvalue weighted by Crippen LogP contribution is -2.25. The molecule has 0 aromatic heterocycles. The summed E-state index contributed by atoms with van der Waals surface area (Å²) in [7, 11) is 0. The molecule has 46 heavy (non-hydrogen) atoms. The number of aliphatic hydroxyl groups is 1. The largest absolute Gasteiger partial charge is 0.463 e. The fourth-order valence-corrected chi connectivity index (χ4v) is 4.83. The lowest BCUT2D eigenvalue weighted by atomic mass is 10.1. The number of hydrogen-bond acceptors (Lipinski definition) is 5. The molecule has 264 valence electrons. The van der Waals surface area contributed by atoms with Gasteiger partial charge in [0.05, 0.1) is 0 Å². The molecule has 1 N–H and O–H groups in total. The normalized spacial score (nSPS) is 12.8. The van der Waals surface area contributed by atoms with Crippen molar-refractivity contribution in [2.75, 3.05) is 13.2 Å². The van der Waals surface area contributed by atoms with E-state index in [2.05, 4.69) is 74.6 Å². The lowest BCUT2D eigenvalue weighted by molar-refractivity contribution is -0.152. The smallest absolute Gasteiger partial charge is 0.305 e. The maximum Gasteiger partial charge on any atom is 0.305 e. The van der Waals surface area contributed by atoms with E-state index in [1.807, 2.05) is 0 Å². The van der Waals surface area contributed by atoms with Gasteiger partial charge in [0.15, 0.2) is 0 Å². The van der Waals surface area contributed by atoms with E-state index < -0.39 is 6.10 Å². The highest BCUT2D eigenvalue weighted by molar-refractivity contribution is 5.69. The van der Waals surface area contributed by atoms with Gasteiger partial charge in [0, 0.05) is 12.8 Å². The first-order chi connectivity index (χ1) is 22.6. The van der Waals surface area contributed by atoms with E-state index in [0.717, 1.165) is 70.6 Å². The third-order valence-corrected chi connectivity index (χ3v) is 7.73. The summed E-state index contributed by atoms with van der Waals surface area (Å²) in [4.78, 5) is 23.9. The summed E-state index contributed by atoms with van der Waals surface area (Å²) in [5.41, 5.74) is 0. The predicted molar refractivity (Wildman–Crippen MR) is 196 cm³/mol. The van der Waals surface area contributed by atoms with Crippen molar-refractivity contribution in [2.45, 2.75) is 174 Å². The van der Waals surface area contributed by atoms with Crippen LogP contribution in [0.4, 0.5) is 0 Å². The van der Waals surface area contributed by atoms with Gasteiger partial charge in [0.25, 0.3) is 0 Å². The quantitative estimate of drug-likeness (QED) is 0.0438. The highest BCUT2D eigenvalue weighted by Gasteiger charge is 2.12. The predicted octanol–water partition coefficient (Wildman–Crippen LogP) is 11.6. The Bertz CT molecular complexity index is 823. The number of ether oxygens (including phenoxy) is 2. The molecule has 0 radical (unpaired) electrons. The van der Waals surface area contributed by atoms with Gasteiger partial charge < -0.3 is 14.6 Å². The Morgan fingerprint density at radius 1 is 0.457 bits per heavy atom. The Balaban J connectivity index is 3.56. The Morgan fingerprint density at radius 2 is 0.761 bits per heavy atom. The SMILES string of the molecule is CCCCC/C=C\C/C=C\C/C=C\C/C=C\CCCCCC(=O)OC[C@H](O)COC(=O)CCCCC/C=C\CCCCCCCC. The van der Waals surface area contributed by atoms with Crippen LogP contribution in [0.15, 0.2) is 60.8 Å². The minimum absolute atomic E-state index is 0.137. The molecule has 0 aliphatic rings. The summed E-state index contributed by atoms with van der Waals surface area (Å²) in [5.74, 6) is -0.623. The minimum atomic E-state index is -0.984. The summed E-state index contributed by atoms with van der Waals surface area (Å²) >= 11 is 0. The van der Waals surface area contributed by atoms with Crippen LogP contribution in [0.3, 0.4) is 0 Å². The molecule has 5 heteroatoms. The van der Waals surface area contributed by atoms with Crippen molar-refractivity contribution in [1.29, 1.82) is 0 Å². The number of unbranched alkanes of at least 4 members (excludes halogenated alkanes) is 15. The van der Waals surface area contributed by atoms with Crippen molar-refractivity contribution in [1.82, 2.24) is 0 Å². The van der Waals surface area contributed by atoms with Gasteiger partial charge in [-0.05, 0) is 83.5 Å². The van der Waals surface area contributed by atoms with Crippen LogP contribution in [0.1, 0.15) is 168 Å². The number of esters is 2. The van der Waals surface area contributed by atoms with Gasteiger partial charge in [-0.3, -0.25) is 9.59 Å². The maximum absolute atomic E-state index is 11.9. The first-order valence-corrected chi connectivity index (χ1v) is 18.8. The summed E-state index contributed by atoms with van der Waals surface area (Å²) in [6.07, 6.45) is 47.0. The van der Waals surface area contributed by atoms with Gasteiger partial charge in [-0.2, -0.15) is 0 Å². The zero-order valence-corrected chi connectivity index (χ0v) is 29.8. The second kappa shape index (κ2) is 37.1. The number of allylic oxidation sites excluding steroid dienone is 10. The van der Waals surface area contributed by atoms with Crippen molar-refractivity contribution < 1.29 is 24.2 Å². The highest BCUT2D eigenvalue weighted by Crippen LogP contribution is 2.10. The number of rotatable bonds is 33. The van der Waals surface area contributed by atoms with Crippen molar-refractivity contribution in [3.05, 3.63) is 60.8 Å². The molecule has 0 rings (SSSR count). The van der Waals surface area contributed by atoms with Gasteiger partial charge in [-0.15, -0.1) is 0 Å². The average molecular weight is 643 g/mol. The highest BCUT2D eigenvalue weighted by atomic mass is 16.6. The summed E-state index contributed by atoms with van der Waals surface area (Å²) in [6, 6.07) is 0. The van der Waals surface area contributed by atoms with E-state index in [0.29, 0.717) is 12.8 Å². The minimum Gasteiger partial charge on any atom is -0.463 e. The molecule has 0 aromatic rings. The second-order valence-corrected chi connectivity index (χ2v) is 12.3. The van der Waals surface area contributed by atoms with Crippen molar-refractivity contribution in [3.63, 3.8) is 0 Å². The third-order valence-electron chi connectivity index (χ3n) is 7.73. The van der Waals surface area contributed by atoms with Gasteiger partial charge in [0.1, 0.15) is 19.3 Å². The van der Waals surface area contributed by atoms with Gasteiger partial charge in [-0.25, -0.2) is 0 Å². The summed E-state index contributed by atoms with van der Waals surface area (Å²) in [5, 5.41) is 9.99. The molecule has 0 saturated heterocycles. The second-order valence-electron chi connectivity index (χ2n) is 12.3. The number of aliphatic hydroxyl groups excluding tert-OH is 1. The van der Waals surface area contributed by atoms with E-state index in [1.165, 1.54) is 70.6 Å². The van der Waals surface area contributed by atoms with E-state index >= 15 is 0 Å². The Kier molecular flexibility index (Phi) is 35.1. The standard InChI is InChI=1S/C41H70O5/c1-3-5-7-9-11-13-15-17-18-19-20-21-22-24-26-28-30-32-34-36-41(44)46-38-39(42)37-45-40(43)35-33-31-29-27-25-23-16-14-12-10-8-6-4-2/h11,13,17-18,20-21,23-26,39,42H,3-10,12,14-16,19,22,27-38H2,1-2H3/b13-11-,18-17-,21-20-,25-23-,26-24-/t39-/m1/s1.